The van der Waals surface area contributed by atoms with Crippen molar-refractivity contribution in [2.75, 3.05) is 0 Å². The van der Waals surface area contributed by atoms with Crippen LogP contribution in [0.2, 0.25) is 5.02 Å². The van der Waals surface area contributed by atoms with Gasteiger partial charge in [0, 0.05) is 31.2 Å². The zero-order chi connectivity index (χ0) is 5.98. The summed E-state index contributed by atoms with van der Waals surface area (Å²) in [5.41, 5.74) is 0. The quantitative estimate of drug-likeness (QED) is 0.708. The van der Waals surface area contributed by atoms with Crippen molar-refractivity contribution in [3.05, 3.63) is 29.3 Å². The summed E-state index contributed by atoms with van der Waals surface area (Å²) < 4.78 is 0. The van der Waals surface area contributed by atoms with Crippen molar-refractivity contribution >= 4 is 11.6 Å². The maximum atomic E-state index is 8.70. The van der Waals surface area contributed by atoms with Crippen LogP contribution in [0, 0.1) is 0 Å². The summed E-state index contributed by atoms with van der Waals surface area (Å²) in [6.45, 7) is 0. The summed E-state index contributed by atoms with van der Waals surface area (Å²) in [7, 11) is 0. The number of aromatic hydroxyl groups is 1. The number of rotatable bonds is 0. The standard InChI is InChI=1S/C6H5ClO.Zr/c7-5-1-3-6(8)4-2-5;/h1-4,8H;. The Morgan fingerprint density at radius 2 is 1.56 bits per heavy atom. The fourth-order valence-electron chi connectivity index (χ4n) is 0.441. The topological polar surface area (TPSA) is 20.2 Å². The average Bonchev–Trinajstić information content (AvgIpc) is 1.77. The van der Waals surface area contributed by atoms with Gasteiger partial charge in [-0.3, -0.25) is 0 Å². The molecule has 0 aliphatic carbocycles. The van der Waals surface area contributed by atoms with E-state index in [1.54, 1.807) is 24.3 Å². The molecular weight excluding hydrogens is 215 g/mol. The Kier molecular flexibility index (Phi) is 4.17. The molecule has 3 heteroatoms. The van der Waals surface area contributed by atoms with Crippen molar-refractivity contribution in [3.63, 3.8) is 0 Å². The normalized spacial score (nSPS) is 8.11. The Balaban J connectivity index is 0.000000640. The first-order valence-corrected chi connectivity index (χ1v) is 2.61. The SMILES string of the molecule is Oc1ccc(Cl)cc1.[Zr]. The number of halogens is 1. The summed E-state index contributed by atoms with van der Waals surface area (Å²) in [6, 6.07) is 6.36. The van der Waals surface area contributed by atoms with E-state index in [-0.39, 0.29) is 32.0 Å². The Morgan fingerprint density at radius 1 is 1.11 bits per heavy atom. The van der Waals surface area contributed by atoms with Crippen LogP contribution in [0.4, 0.5) is 0 Å². The third kappa shape index (κ3) is 3.02. The average molecular weight is 220 g/mol. The maximum Gasteiger partial charge on any atom is 0.115 e. The van der Waals surface area contributed by atoms with Crippen molar-refractivity contribution in [1.82, 2.24) is 0 Å². The van der Waals surface area contributed by atoms with E-state index >= 15 is 0 Å². The van der Waals surface area contributed by atoms with Crippen LogP contribution in [0.15, 0.2) is 24.3 Å². The third-order valence-corrected chi connectivity index (χ3v) is 1.08. The van der Waals surface area contributed by atoms with E-state index in [2.05, 4.69) is 0 Å². The molecule has 0 aliphatic rings. The minimum Gasteiger partial charge on any atom is -0.508 e. The molecule has 0 saturated heterocycles. The van der Waals surface area contributed by atoms with Gasteiger partial charge in [0.1, 0.15) is 5.75 Å². The van der Waals surface area contributed by atoms with Gasteiger partial charge >= 0.3 is 0 Å². The van der Waals surface area contributed by atoms with E-state index in [1.165, 1.54) is 0 Å². The van der Waals surface area contributed by atoms with Gasteiger partial charge in [-0.2, -0.15) is 0 Å². The van der Waals surface area contributed by atoms with Gasteiger partial charge in [-0.05, 0) is 24.3 Å². The Bertz CT molecular complexity index is 152. The number of hydrogen-bond donors (Lipinski definition) is 1. The predicted octanol–water partition coefficient (Wildman–Crippen LogP) is 2.04. The van der Waals surface area contributed by atoms with Crippen LogP contribution in [0.3, 0.4) is 0 Å². The third-order valence-electron chi connectivity index (χ3n) is 0.827. The molecule has 0 unspecified atom stereocenters. The summed E-state index contributed by atoms with van der Waals surface area (Å²) in [5, 5.41) is 9.34. The first-order chi connectivity index (χ1) is 3.79. The molecule has 0 bridgehead atoms. The molecule has 0 fully saturated rings. The Hall–Kier alpha value is 0.193. The van der Waals surface area contributed by atoms with E-state index in [0.29, 0.717) is 5.02 Å². The van der Waals surface area contributed by atoms with Crippen molar-refractivity contribution in [1.29, 1.82) is 0 Å². The van der Waals surface area contributed by atoms with Gasteiger partial charge in [-0.15, -0.1) is 0 Å². The number of hydrogen-bond acceptors (Lipinski definition) is 1. The number of benzene rings is 1. The molecule has 0 heterocycles. The molecule has 1 aromatic carbocycles. The maximum absolute atomic E-state index is 8.70. The van der Waals surface area contributed by atoms with Gasteiger partial charge in [0.05, 0.1) is 0 Å². The van der Waals surface area contributed by atoms with E-state index in [1.807, 2.05) is 0 Å². The van der Waals surface area contributed by atoms with Crippen LogP contribution < -0.4 is 0 Å². The Labute approximate surface area is 77.8 Å². The predicted molar refractivity (Wildman–Crippen MR) is 33.1 cm³/mol. The van der Waals surface area contributed by atoms with Gasteiger partial charge in [0.15, 0.2) is 0 Å². The van der Waals surface area contributed by atoms with Crippen LogP contribution in [-0.2, 0) is 26.2 Å². The van der Waals surface area contributed by atoms with Gasteiger partial charge in [0.25, 0.3) is 0 Å². The zero-order valence-corrected chi connectivity index (χ0v) is 7.85. The Morgan fingerprint density at radius 3 is 1.89 bits per heavy atom. The van der Waals surface area contributed by atoms with Crippen molar-refractivity contribution in [3.8, 4) is 5.75 Å². The van der Waals surface area contributed by atoms with E-state index < -0.39 is 0 Å². The molecule has 9 heavy (non-hydrogen) atoms. The summed E-state index contributed by atoms with van der Waals surface area (Å²) in [6.07, 6.45) is 0. The van der Waals surface area contributed by atoms with Gasteiger partial charge in [-0.1, -0.05) is 11.6 Å². The fraction of sp³-hybridized carbons (Fsp3) is 0. The molecule has 1 aromatic rings. The van der Waals surface area contributed by atoms with Crippen LogP contribution >= 0.6 is 11.6 Å². The molecule has 1 nitrogen and oxygen atoms in total. The van der Waals surface area contributed by atoms with E-state index in [0.717, 1.165) is 0 Å². The fourth-order valence-corrected chi connectivity index (χ4v) is 0.567. The van der Waals surface area contributed by atoms with Gasteiger partial charge < -0.3 is 5.11 Å². The van der Waals surface area contributed by atoms with Crippen LogP contribution in [-0.4, -0.2) is 5.11 Å². The smallest absolute Gasteiger partial charge is 0.115 e. The summed E-state index contributed by atoms with van der Waals surface area (Å²) >= 11 is 5.50. The number of phenols is 1. The molecule has 0 spiro atoms. The second kappa shape index (κ2) is 4.08. The molecular formula is C6H5ClOZr. The van der Waals surface area contributed by atoms with Gasteiger partial charge in [-0.25, -0.2) is 0 Å². The van der Waals surface area contributed by atoms with Crippen LogP contribution in [0.25, 0.3) is 0 Å². The minimum atomic E-state index is 0. The molecule has 0 saturated carbocycles. The molecule has 0 aliphatic heterocycles. The van der Waals surface area contributed by atoms with Crippen molar-refractivity contribution < 1.29 is 31.3 Å². The van der Waals surface area contributed by atoms with Gasteiger partial charge in [0.2, 0.25) is 0 Å². The monoisotopic (exact) mass is 218 g/mol. The molecule has 0 amide bonds. The summed E-state index contributed by atoms with van der Waals surface area (Å²) in [5.74, 6) is 0.245. The molecule has 1 N–H and O–H groups in total. The van der Waals surface area contributed by atoms with Crippen LogP contribution in [0.5, 0.6) is 5.75 Å². The van der Waals surface area contributed by atoms with Crippen molar-refractivity contribution in [2.45, 2.75) is 0 Å². The van der Waals surface area contributed by atoms with Crippen molar-refractivity contribution in [2.24, 2.45) is 0 Å². The second-order valence-electron chi connectivity index (χ2n) is 1.48. The zero-order valence-electron chi connectivity index (χ0n) is 4.63. The van der Waals surface area contributed by atoms with Crippen LogP contribution in [0.1, 0.15) is 0 Å². The molecule has 46 valence electrons. The summed E-state index contributed by atoms with van der Waals surface area (Å²) in [4.78, 5) is 0. The molecule has 0 radical (unpaired) electrons. The molecule has 0 aromatic heterocycles. The second-order valence-corrected chi connectivity index (χ2v) is 1.91. The first kappa shape index (κ1) is 9.19. The molecule has 1 rings (SSSR count). The van der Waals surface area contributed by atoms with E-state index in [4.69, 9.17) is 16.7 Å². The minimum absolute atomic E-state index is 0. The first-order valence-electron chi connectivity index (χ1n) is 2.23. The molecule has 0 atom stereocenters. The van der Waals surface area contributed by atoms with E-state index in [9.17, 15) is 0 Å². The largest absolute Gasteiger partial charge is 0.508 e. The number of phenolic OH excluding ortho intramolecular Hbond substituents is 1.